The highest BCUT2D eigenvalue weighted by atomic mass is 16.3. The van der Waals surface area contributed by atoms with Crippen LogP contribution in [0, 0.1) is 35.5 Å². The van der Waals surface area contributed by atoms with Gasteiger partial charge in [0.1, 0.15) is 5.75 Å². The maximum absolute atomic E-state index is 14.2. The molecule has 4 aliphatic carbocycles. The molecule has 0 radical (unpaired) electrons. The molecular formula is C32H36N2O8. The minimum absolute atomic E-state index is 0.000215. The molecule has 6 atom stereocenters. The predicted molar refractivity (Wildman–Crippen MR) is 149 cm³/mol. The molecule has 42 heavy (non-hydrogen) atoms. The standard InChI is InChI=1S/C32H36N2O8/c1-14(2)22-21-11-16-9-20-19(15-7-8-42-13-15)10-17(12-34-18-5-3-4-6-18)26(35)24(20)28(37)23(16)29(38)32(21,41)30(39)25(27(22)36)31(33)40/h7-8,10,13-14,16,18,21-23,25,34-35,41H,3-6,9,11-12H2,1-2H3,(H2,33,40)/t16-,21-,22-,23?,25?,32-/m0/s1. The molecule has 1 aromatic carbocycles. The molecule has 2 unspecified atom stereocenters. The number of benzene rings is 1. The largest absolute Gasteiger partial charge is 0.507 e. The van der Waals surface area contributed by atoms with Gasteiger partial charge in [0, 0.05) is 35.5 Å². The topological polar surface area (TPSA) is 177 Å². The second kappa shape index (κ2) is 10.3. The number of fused-ring (bicyclic) bond motifs is 3. The summed E-state index contributed by atoms with van der Waals surface area (Å²) in [6, 6.07) is 3.91. The number of hydrogen-bond acceptors (Lipinski definition) is 9. The number of furan rings is 1. The third-order valence-corrected chi connectivity index (χ3v) is 10.2. The number of Topliss-reactive ketones (excluding diaryl/α,β-unsaturated/α-hetero) is 4. The van der Waals surface area contributed by atoms with Gasteiger partial charge in [0.05, 0.1) is 24.0 Å². The minimum Gasteiger partial charge on any atom is -0.507 e. The zero-order chi connectivity index (χ0) is 30.1. The summed E-state index contributed by atoms with van der Waals surface area (Å²) in [5.74, 6) is -11.6. The first-order valence-electron chi connectivity index (χ1n) is 14.8. The molecule has 1 amide bonds. The van der Waals surface area contributed by atoms with Gasteiger partial charge in [-0.2, -0.15) is 0 Å². The maximum atomic E-state index is 14.2. The van der Waals surface area contributed by atoms with Crippen LogP contribution in [0.15, 0.2) is 29.1 Å². The molecule has 10 nitrogen and oxygen atoms in total. The number of phenolic OH excluding ortho intramolecular Hbond substituents is 1. The minimum atomic E-state index is -2.71. The van der Waals surface area contributed by atoms with E-state index < -0.39 is 70.1 Å². The van der Waals surface area contributed by atoms with E-state index in [0.29, 0.717) is 34.8 Å². The average molecular weight is 577 g/mol. The van der Waals surface area contributed by atoms with Crippen molar-refractivity contribution >= 4 is 29.0 Å². The first-order valence-corrected chi connectivity index (χ1v) is 14.8. The fraction of sp³-hybridized carbons (Fsp3) is 0.531. The van der Waals surface area contributed by atoms with Gasteiger partial charge < -0.3 is 25.7 Å². The van der Waals surface area contributed by atoms with Crippen LogP contribution < -0.4 is 11.1 Å². The van der Waals surface area contributed by atoms with Gasteiger partial charge in [-0.3, -0.25) is 24.0 Å². The second-order valence-electron chi connectivity index (χ2n) is 12.8. The van der Waals surface area contributed by atoms with Gasteiger partial charge in [0.15, 0.2) is 34.7 Å². The summed E-state index contributed by atoms with van der Waals surface area (Å²) < 4.78 is 5.34. The maximum Gasteiger partial charge on any atom is 0.235 e. The third kappa shape index (κ3) is 4.10. The summed E-state index contributed by atoms with van der Waals surface area (Å²) in [6.45, 7) is 3.77. The van der Waals surface area contributed by atoms with Gasteiger partial charge in [-0.1, -0.05) is 26.7 Å². The van der Waals surface area contributed by atoms with E-state index in [1.165, 1.54) is 6.26 Å². The Hall–Kier alpha value is -3.63. The number of aromatic hydroxyl groups is 1. The van der Waals surface area contributed by atoms with E-state index in [-0.39, 0.29) is 24.2 Å². The van der Waals surface area contributed by atoms with E-state index in [4.69, 9.17) is 10.2 Å². The number of carbonyl (C=O) groups excluding carboxylic acids is 5. The van der Waals surface area contributed by atoms with Crippen molar-refractivity contribution in [1.82, 2.24) is 5.32 Å². The molecule has 3 fully saturated rings. The van der Waals surface area contributed by atoms with Gasteiger partial charge in [-0.05, 0) is 60.8 Å². The summed E-state index contributed by atoms with van der Waals surface area (Å²) in [7, 11) is 0. The Morgan fingerprint density at radius 3 is 2.50 bits per heavy atom. The van der Waals surface area contributed by atoms with Crippen molar-refractivity contribution in [3.63, 3.8) is 0 Å². The molecule has 3 saturated carbocycles. The SMILES string of the molecule is CC(C)[C@@H]1C(=O)C(C(N)=O)C(=O)[C@@]2(O)C(=O)C3C(=O)c4c(O)c(CNC5CCCC5)cc(-c5ccoc5)c4C[C@H]3C[C@@H]12. The number of nitrogens with two attached hydrogens (primary N) is 1. The summed E-state index contributed by atoms with van der Waals surface area (Å²) in [5.41, 5.74) is 5.18. The Bertz CT molecular complexity index is 1490. The number of amides is 1. The van der Waals surface area contributed by atoms with Crippen molar-refractivity contribution in [3.8, 4) is 16.9 Å². The Morgan fingerprint density at radius 2 is 1.88 bits per heavy atom. The van der Waals surface area contributed by atoms with Gasteiger partial charge in [0.2, 0.25) is 5.91 Å². The van der Waals surface area contributed by atoms with E-state index in [0.717, 1.165) is 25.7 Å². The number of phenols is 1. The van der Waals surface area contributed by atoms with Gasteiger partial charge in [0.25, 0.3) is 0 Å². The van der Waals surface area contributed by atoms with Gasteiger partial charge in [-0.25, -0.2) is 0 Å². The van der Waals surface area contributed by atoms with Crippen LogP contribution in [-0.4, -0.2) is 50.9 Å². The monoisotopic (exact) mass is 576 g/mol. The summed E-state index contributed by atoms with van der Waals surface area (Å²) in [5, 5.41) is 26.7. The smallest absolute Gasteiger partial charge is 0.235 e. The number of carbonyl (C=O) groups is 5. The Morgan fingerprint density at radius 1 is 1.17 bits per heavy atom. The summed E-state index contributed by atoms with van der Waals surface area (Å²) in [4.78, 5) is 67.4. The number of hydrogen-bond donors (Lipinski definition) is 4. The van der Waals surface area contributed by atoms with Crippen LogP contribution >= 0.6 is 0 Å². The average Bonchev–Trinajstić information content (AvgIpc) is 3.65. The van der Waals surface area contributed by atoms with Crippen LogP contribution in [0.4, 0.5) is 0 Å². The molecule has 6 rings (SSSR count). The number of rotatable bonds is 6. The molecule has 1 heterocycles. The fourth-order valence-corrected chi connectivity index (χ4v) is 8.17. The van der Waals surface area contributed by atoms with Crippen LogP contribution in [-0.2, 0) is 32.1 Å². The lowest BCUT2D eigenvalue weighted by Crippen LogP contribution is -2.71. The van der Waals surface area contributed by atoms with Gasteiger partial charge in [-0.15, -0.1) is 0 Å². The Kier molecular flexibility index (Phi) is 6.97. The number of ketones is 4. The third-order valence-electron chi connectivity index (χ3n) is 10.2. The highest BCUT2D eigenvalue weighted by Crippen LogP contribution is 2.54. The lowest BCUT2D eigenvalue weighted by atomic mass is 9.49. The molecule has 2 aromatic rings. The summed E-state index contributed by atoms with van der Waals surface area (Å²) >= 11 is 0. The fourth-order valence-electron chi connectivity index (χ4n) is 8.17. The number of nitrogens with one attached hydrogen (secondary N) is 1. The predicted octanol–water partition coefficient (Wildman–Crippen LogP) is 2.50. The van der Waals surface area contributed by atoms with Crippen molar-refractivity contribution in [1.29, 1.82) is 0 Å². The highest BCUT2D eigenvalue weighted by molar-refractivity contribution is 6.32. The molecule has 10 heteroatoms. The van der Waals surface area contributed by atoms with Gasteiger partial charge >= 0.3 is 0 Å². The van der Waals surface area contributed by atoms with Crippen LogP contribution in [0.2, 0.25) is 0 Å². The molecular weight excluding hydrogens is 540 g/mol. The molecule has 0 saturated heterocycles. The van der Waals surface area contributed by atoms with Crippen molar-refractivity contribution < 1.29 is 38.6 Å². The van der Waals surface area contributed by atoms with Crippen LogP contribution in [0.5, 0.6) is 5.75 Å². The van der Waals surface area contributed by atoms with E-state index in [1.807, 2.05) is 6.07 Å². The highest BCUT2D eigenvalue weighted by Gasteiger charge is 2.69. The quantitative estimate of drug-likeness (QED) is 0.376. The molecule has 5 N–H and O–H groups in total. The number of primary amides is 1. The van der Waals surface area contributed by atoms with E-state index in [2.05, 4.69) is 5.32 Å². The van der Waals surface area contributed by atoms with Crippen LogP contribution in [0.25, 0.3) is 11.1 Å². The molecule has 222 valence electrons. The first-order chi connectivity index (χ1) is 20.0. The van der Waals surface area contributed by atoms with E-state index in [9.17, 15) is 34.2 Å². The van der Waals surface area contributed by atoms with Crippen molar-refractivity contribution in [2.45, 2.75) is 70.6 Å². The van der Waals surface area contributed by atoms with E-state index >= 15 is 0 Å². The second-order valence-corrected chi connectivity index (χ2v) is 12.8. The Labute approximate surface area is 243 Å². The van der Waals surface area contributed by atoms with Crippen molar-refractivity contribution in [3.05, 3.63) is 41.3 Å². The van der Waals surface area contributed by atoms with E-state index in [1.54, 1.807) is 26.2 Å². The zero-order valence-corrected chi connectivity index (χ0v) is 23.7. The Balaban J connectivity index is 1.46. The molecule has 0 bridgehead atoms. The lowest BCUT2D eigenvalue weighted by Gasteiger charge is -2.52. The van der Waals surface area contributed by atoms with Crippen LogP contribution in [0.1, 0.15) is 67.4 Å². The number of aliphatic hydroxyl groups is 1. The lowest BCUT2D eigenvalue weighted by molar-refractivity contribution is -0.182. The molecule has 0 spiro atoms. The molecule has 0 aliphatic heterocycles. The first kappa shape index (κ1) is 28.5. The van der Waals surface area contributed by atoms with Crippen molar-refractivity contribution in [2.75, 3.05) is 0 Å². The molecule has 1 aromatic heterocycles. The van der Waals surface area contributed by atoms with Crippen LogP contribution in [0.3, 0.4) is 0 Å². The zero-order valence-electron chi connectivity index (χ0n) is 23.7. The normalized spacial score (nSPS) is 31.3. The molecule has 4 aliphatic rings. The summed E-state index contributed by atoms with van der Waals surface area (Å²) in [6.07, 6.45) is 7.63. The van der Waals surface area contributed by atoms with Crippen molar-refractivity contribution in [2.24, 2.45) is 41.2 Å².